The van der Waals surface area contributed by atoms with Gasteiger partial charge in [0.2, 0.25) is 5.91 Å². The predicted octanol–water partition coefficient (Wildman–Crippen LogP) is 2.11. The topological polar surface area (TPSA) is 70.2 Å². The van der Waals surface area contributed by atoms with Gasteiger partial charge in [-0.2, -0.15) is 0 Å². The number of carbonyl (C=O) groups is 2. The summed E-state index contributed by atoms with van der Waals surface area (Å²) in [5.41, 5.74) is 0.227. The molecule has 0 spiro atoms. The van der Waals surface area contributed by atoms with Crippen LogP contribution in [0, 0.1) is 5.82 Å². The fourth-order valence-corrected chi connectivity index (χ4v) is 3.96. The van der Waals surface area contributed by atoms with Crippen molar-refractivity contribution in [2.24, 2.45) is 0 Å². The van der Waals surface area contributed by atoms with Crippen molar-refractivity contribution in [3.8, 4) is 0 Å². The highest BCUT2D eigenvalue weighted by molar-refractivity contribution is 9.10. The van der Waals surface area contributed by atoms with E-state index in [1.54, 1.807) is 0 Å². The van der Waals surface area contributed by atoms with Gasteiger partial charge in [-0.15, -0.1) is 0 Å². The monoisotopic (exact) mass is 397 g/mol. The van der Waals surface area contributed by atoms with Crippen molar-refractivity contribution in [1.29, 1.82) is 0 Å². The largest absolute Gasteiger partial charge is 0.353 e. The Hall–Kier alpha value is -1.47. The SMILES string of the molecule is O=C(CCNC(=O)c1cc(F)ccc1Br)NC1CC2CCC(C1)N2. The van der Waals surface area contributed by atoms with Crippen molar-refractivity contribution in [3.63, 3.8) is 0 Å². The number of amides is 2. The first-order chi connectivity index (χ1) is 11.5. The minimum absolute atomic E-state index is 0.0556. The number of hydrogen-bond acceptors (Lipinski definition) is 3. The van der Waals surface area contributed by atoms with E-state index < -0.39 is 11.7 Å². The highest BCUT2D eigenvalue weighted by atomic mass is 79.9. The second-order valence-corrected chi connectivity index (χ2v) is 7.36. The summed E-state index contributed by atoms with van der Waals surface area (Å²) in [5, 5.41) is 9.25. The number of fused-ring (bicyclic) bond motifs is 2. The molecule has 1 aromatic carbocycles. The summed E-state index contributed by atoms with van der Waals surface area (Å²) in [6, 6.07) is 5.22. The molecule has 0 radical (unpaired) electrons. The summed E-state index contributed by atoms with van der Waals surface area (Å²) in [4.78, 5) is 24.1. The number of hydrogen-bond donors (Lipinski definition) is 3. The molecule has 2 fully saturated rings. The fraction of sp³-hybridized carbons (Fsp3) is 0.529. The van der Waals surface area contributed by atoms with Crippen LogP contribution in [0.15, 0.2) is 22.7 Å². The summed E-state index contributed by atoms with van der Waals surface area (Å²) in [6.07, 6.45) is 4.55. The first-order valence-electron chi connectivity index (χ1n) is 8.30. The minimum Gasteiger partial charge on any atom is -0.353 e. The molecule has 0 aliphatic carbocycles. The molecule has 2 unspecified atom stereocenters. The molecule has 130 valence electrons. The molecule has 2 bridgehead atoms. The van der Waals surface area contributed by atoms with E-state index in [-0.39, 0.29) is 30.5 Å². The van der Waals surface area contributed by atoms with Gasteiger partial charge in [-0.25, -0.2) is 4.39 Å². The fourth-order valence-electron chi connectivity index (χ4n) is 3.53. The standard InChI is InChI=1S/C17H21BrFN3O2/c18-15-4-1-10(19)7-14(15)17(24)20-6-5-16(23)22-13-8-11-2-3-12(9-13)21-11/h1,4,7,11-13,21H,2-3,5-6,8-9H2,(H,20,24)(H,22,23). The molecule has 2 amide bonds. The molecule has 24 heavy (non-hydrogen) atoms. The Morgan fingerprint density at radius 2 is 1.96 bits per heavy atom. The van der Waals surface area contributed by atoms with Crippen LogP contribution in [0.5, 0.6) is 0 Å². The zero-order valence-corrected chi connectivity index (χ0v) is 14.9. The van der Waals surface area contributed by atoms with Gasteiger partial charge in [0.15, 0.2) is 0 Å². The van der Waals surface area contributed by atoms with E-state index in [4.69, 9.17) is 0 Å². The number of piperidine rings is 1. The number of rotatable bonds is 5. The first kappa shape index (κ1) is 17.4. The molecule has 2 atom stereocenters. The van der Waals surface area contributed by atoms with Crippen LogP contribution in [0.2, 0.25) is 0 Å². The second kappa shape index (κ2) is 7.61. The molecule has 1 aromatic rings. The molecule has 0 aromatic heterocycles. The molecule has 3 rings (SSSR count). The first-order valence-corrected chi connectivity index (χ1v) is 9.09. The van der Waals surface area contributed by atoms with Crippen LogP contribution >= 0.6 is 15.9 Å². The van der Waals surface area contributed by atoms with Gasteiger partial charge in [0, 0.05) is 35.6 Å². The molecule has 2 saturated heterocycles. The maximum absolute atomic E-state index is 13.2. The van der Waals surface area contributed by atoms with Crippen molar-refractivity contribution in [3.05, 3.63) is 34.1 Å². The number of carbonyl (C=O) groups excluding carboxylic acids is 2. The number of benzene rings is 1. The summed E-state index contributed by atoms with van der Waals surface area (Å²) < 4.78 is 13.7. The van der Waals surface area contributed by atoms with Gasteiger partial charge in [0.1, 0.15) is 5.82 Å². The zero-order valence-electron chi connectivity index (χ0n) is 13.3. The lowest BCUT2D eigenvalue weighted by Crippen LogP contribution is -2.48. The molecule has 7 heteroatoms. The van der Waals surface area contributed by atoms with Gasteiger partial charge in [0.25, 0.3) is 5.91 Å². The minimum atomic E-state index is -0.471. The lowest BCUT2D eigenvalue weighted by molar-refractivity contribution is -0.121. The van der Waals surface area contributed by atoms with Crippen LogP contribution < -0.4 is 16.0 Å². The van der Waals surface area contributed by atoms with E-state index in [9.17, 15) is 14.0 Å². The van der Waals surface area contributed by atoms with Crippen molar-refractivity contribution < 1.29 is 14.0 Å². The van der Waals surface area contributed by atoms with Crippen molar-refractivity contribution in [2.45, 2.75) is 50.2 Å². The number of halogens is 2. The molecular weight excluding hydrogens is 377 g/mol. The van der Waals surface area contributed by atoms with Crippen molar-refractivity contribution in [2.75, 3.05) is 6.54 Å². The molecule has 0 saturated carbocycles. The third-order valence-corrected chi connectivity index (χ3v) is 5.34. The Morgan fingerprint density at radius 1 is 1.25 bits per heavy atom. The van der Waals surface area contributed by atoms with Gasteiger partial charge in [-0.1, -0.05) is 0 Å². The van der Waals surface area contributed by atoms with Crippen LogP contribution in [-0.2, 0) is 4.79 Å². The highest BCUT2D eigenvalue weighted by Crippen LogP contribution is 2.26. The Morgan fingerprint density at radius 3 is 2.67 bits per heavy atom. The van der Waals surface area contributed by atoms with E-state index in [1.807, 2.05) is 0 Å². The van der Waals surface area contributed by atoms with Crippen molar-refractivity contribution in [1.82, 2.24) is 16.0 Å². The van der Waals surface area contributed by atoms with E-state index in [1.165, 1.54) is 31.0 Å². The Kier molecular flexibility index (Phi) is 5.50. The highest BCUT2D eigenvalue weighted by Gasteiger charge is 2.33. The summed E-state index contributed by atoms with van der Waals surface area (Å²) in [5.74, 6) is -0.921. The molecule has 5 nitrogen and oxygen atoms in total. The number of nitrogens with one attached hydrogen (secondary N) is 3. The maximum Gasteiger partial charge on any atom is 0.252 e. The van der Waals surface area contributed by atoms with E-state index in [0.29, 0.717) is 16.6 Å². The maximum atomic E-state index is 13.2. The smallest absolute Gasteiger partial charge is 0.252 e. The summed E-state index contributed by atoms with van der Waals surface area (Å²) in [6.45, 7) is 0.228. The van der Waals surface area contributed by atoms with Crippen molar-refractivity contribution >= 4 is 27.7 Å². The lowest BCUT2D eigenvalue weighted by Gasteiger charge is -2.29. The van der Waals surface area contributed by atoms with Gasteiger partial charge in [0.05, 0.1) is 5.56 Å². The van der Waals surface area contributed by atoms with E-state index >= 15 is 0 Å². The molecule has 2 aliphatic heterocycles. The summed E-state index contributed by atoms with van der Waals surface area (Å²) in [7, 11) is 0. The molecule has 3 N–H and O–H groups in total. The van der Waals surface area contributed by atoms with Gasteiger partial charge in [-0.05, 0) is 59.8 Å². The van der Waals surface area contributed by atoms with Gasteiger partial charge in [-0.3, -0.25) is 9.59 Å². The zero-order chi connectivity index (χ0) is 17.1. The Balaban J connectivity index is 1.42. The third kappa shape index (κ3) is 4.33. The lowest BCUT2D eigenvalue weighted by atomic mass is 10.00. The van der Waals surface area contributed by atoms with Crippen LogP contribution in [0.4, 0.5) is 4.39 Å². The van der Waals surface area contributed by atoms with Crippen LogP contribution in [0.25, 0.3) is 0 Å². The Bertz CT molecular complexity index is 628. The van der Waals surface area contributed by atoms with E-state index in [2.05, 4.69) is 31.9 Å². The van der Waals surface area contributed by atoms with E-state index in [0.717, 1.165) is 12.8 Å². The van der Waals surface area contributed by atoms with Crippen LogP contribution in [0.1, 0.15) is 42.5 Å². The molecule has 2 aliphatic rings. The molecular formula is C17H21BrFN3O2. The normalized spacial score (nSPS) is 25.3. The quantitative estimate of drug-likeness (QED) is 0.712. The van der Waals surface area contributed by atoms with Gasteiger partial charge < -0.3 is 16.0 Å². The predicted molar refractivity (Wildman–Crippen MR) is 92.2 cm³/mol. The average molecular weight is 398 g/mol. The Labute approximate surface area is 148 Å². The molecule has 2 heterocycles. The third-order valence-electron chi connectivity index (χ3n) is 4.65. The van der Waals surface area contributed by atoms with Crippen LogP contribution in [0.3, 0.4) is 0 Å². The average Bonchev–Trinajstić information content (AvgIpc) is 2.88. The van der Waals surface area contributed by atoms with Crippen LogP contribution in [-0.4, -0.2) is 36.5 Å². The summed E-state index contributed by atoms with van der Waals surface area (Å²) >= 11 is 3.22. The van der Waals surface area contributed by atoms with Gasteiger partial charge >= 0.3 is 0 Å². The second-order valence-electron chi connectivity index (χ2n) is 6.50.